The molecule has 14 heteroatoms. The zero-order valence-electron chi connectivity index (χ0n) is 22.4. The van der Waals surface area contributed by atoms with Gasteiger partial charge in [-0.25, -0.2) is 4.98 Å². The molecule has 1 atom stereocenters. The first-order chi connectivity index (χ1) is 19.0. The van der Waals surface area contributed by atoms with Crippen LogP contribution in [0.1, 0.15) is 44.2 Å². The molecular weight excluding hydrogens is 518 g/mol. The molecule has 1 aliphatic carbocycles. The average molecular weight is 554 g/mol. The molecule has 0 bridgehead atoms. The fourth-order valence-corrected chi connectivity index (χ4v) is 5.74. The highest BCUT2D eigenvalue weighted by Crippen LogP contribution is 2.40. The van der Waals surface area contributed by atoms with E-state index in [9.17, 15) is 4.79 Å². The van der Waals surface area contributed by atoms with E-state index in [1.54, 1.807) is 13.3 Å². The first-order valence-electron chi connectivity index (χ1n) is 13.5. The molecule has 6 rings (SSSR count). The number of hydrogen-bond donors (Lipinski definition) is 3. The minimum atomic E-state index is -0.814. The number of aromatic nitrogens is 6. The third-order valence-electron chi connectivity index (χ3n) is 7.76. The number of piperazine rings is 1. The molecule has 5 heterocycles. The van der Waals surface area contributed by atoms with Crippen LogP contribution in [0.25, 0.3) is 0 Å². The third kappa shape index (κ3) is 5.68. The molecule has 2 saturated heterocycles. The first-order valence-corrected chi connectivity index (χ1v) is 14.4. The SMILES string of the molecule is COCCN1CCN(c2nc(Nc3cc(C4CC4)[nH]n3)nc(N3CCC[C@@]3(C)C(=O)Nc3nccs3)n2)CC1. The van der Waals surface area contributed by atoms with E-state index in [2.05, 4.69) is 35.6 Å². The first kappa shape index (κ1) is 25.9. The van der Waals surface area contributed by atoms with Crippen molar-refractivity contribution in [3.63, 3.8) is 0 Å². The molecule has 1 saturated carbocycles. The number of anilines is 5. The van der Waals surface area contributed by atoms with Crippen LogP contribution in [0.4, 0.5) is 28.8 Å². The van der Waals surface area contributed by atoms with Gasteiger partial charge in [-0.3, -0.25) is 20.1 Å². The van der Waals surface area contributed by atoms with Gasteiger partial charge in [0.1, 0.15) is 5.54 Å². The second-order valence-electron chi connectivity index (χ2n) is 10.5. The third-order valence-corrected chi connectivity index (χ3v) is 8.45. The van der Waals surface area contributed by atoms with Crippen molar-refractivity contribution in [2.45, 2.75) is 44.1 Å². The summed E-state index contributed by atoms with van der Waals surface area (Å²) in [5.41, 5.74) is 0.316. The maximum absolute atomic E-state index is 13.5. The summed E-state index contributed by atoms with van der Waals surface area (Å²) in [4.78, 5) is 38.8. The van der Waals surface area contributed by atoms with Crippen molar-refractivity contribution in [2.24, 2.45) is 0 Å². The van der Waals surface area contributed by atoms with Crippen LogP contribution in [-0.4, -0.2) is 99.5 Å². The van der Waals surface area contributed by atoms with Crippen molar-refractivity contribution in [2.75, 3.05) is 73.4 Å². The summed E-state index contributed by atoms with van der Waals surface area (Å²) in [6.45, 7) is 7.62. The second kappa shape index (κ2) is 11.0. The maximum atomic E-state index is 13.5. The standard InChI is InChI=1S/C25H35N11O2S/c1-25(20(37)28-24-26-7-15-39-24)6-3-8-36(25)23-30-21(27-19-16-18(32-33-19)17-4-5-17)29-22(31-23)35-11-9-34(10-12-35)13-14-38-2/h7,15-17H,3-6,8-14H2,1-2H3,(H,26,28,37)(H2,27,29,30,31,32,33)/t25-/m0/s1. The Balaban J connectivity index is 1.27. The largest absolute Gasteiger partial charge is 0.383 e. The number of amides is 1. The van der Waals surface area contributed by atoms with Crippen molar-refractivity contribution in [3.8, 4) is 0 Å². The Morgan fingerprint density at radius 1 is 1.18 bits per heavy atom. The number of aromatic amines is 1. The van der Waals surface area contributed by atoms with Gasteiger partial charge in [-0.2, -0.15) is 20.1 Å². The molecular formula is C25H35N11O2S. The average Bonchev–Trinajstić information content (AvgIpc) is 3.28. The molecule has 13 nitrogen and oxygen atoms in total. The van der Waals surface area contributed by atoms with Gasteiger partial charge in [-0.1, -0.05) is 0 Å². The number of H-pyrrole nitrogens is 1. The number of methoxy groups -OCH3 is 1. The lowest BCUT2D eigenvalue weighted by Gasteiger charge is -2.36. The molecule has 3 aromatic heterocycles. The molecule has 1 amide bonds. The molecule has 3 aliphatic rings. The van der Waals surface area contributed by atoms with Crippen LogP contribution in [0.3, 0.4) is 0 Å². The van der Waals surface area contributed by atoms with Crippen molar-refractivity contribution in [3.05, 3.63) is 23.3 Å². The van der Waals surface area contributed by atoms with Crippen molar-refractivity contribution < 1.29 is 9.53 Å². The van der Waals surface area contributed by atoms with Crippen LogP contribution < -0.4 is 20.4 Å². The van der Waals surface area contributed by atoms with Crippen LogP contribution in [0.15, 0.2) is 17.6 Å². The zero-order chi connectivity index (χ0) is 26.8. The highest BCUT2D eigenvalue weighted by molar-refractivity contribution is 7.13. The summed E-state index contributed by atoms with van der Waals surface area (Å²) >= 11 is 1.40. The summed E-state index contributed by atoms with van der Waals surface area (Å²) < 4.78 is 5.25. The maximum Gasteiger partial charge on any atom is 0.251 e. The quantitative estimate of drug-likeness (QED) is 0.341. The fraction of sp³-hybridized carbons (Fsp3) is 0.600. The topological polar surface area (TPSA) is 140 Å². The summed E-state index contributed by atoms with van der Waals surface area (Å²) in [6.07, 6.45) is 5.61. The van der Waals surface area contributed by atoms with Gasteiger partial charge in [0.15, 0.2) is 10.9 Å². The minimum absolute atomic E-state index is 0.112. The van der Waals surface area contributed by atoms with Crippen molar-refractivity contribution in [1.82, 2.24) is 35.0 Å². The van der Waals surface area contributed by atoms with E-state index in [1.165, 1.54) is 24.2 Å². The second-order valence-corrected chi connectivity index (χ2v) is 11.4. The van der Waals surface area contributed by atoms with E-state index in [4.69, 9.17) is 19.7 Å². The van der Waals surface area contributed by atoms with Gasteiger partial charge < -0.3 is 19.9 Å². The summed E-state index contributed by atoms with van der Waals surface area (Å²) in [7, 11) is 1.73. The predicted octanol–water partition coefficient (Wildman–Crippen LogP) is 2.44. The van der Waals surface area contributed by atoms with Crippen molar-refractivity contribution >= 4 is 46.0 Å². The van der Waals surface area contributed by atoms with Crippen LogP contribution >= 0.6 is 11.3 Å². The minimum Gasteiger partial charge on any atom is -0.383 e. The summed E-state index contributed by atoms with van der Waals surface area (Å²) in [5.74, 6) is 2.63. The predicted molar refractivity (Wildman–Crippen MR) is 150 cm³/mol. The van der Waals surface area contributed by atoms with Gasteiger partial charge in [0.25, 0.3) is 5.91 Å². The van der Waals surface area contributed by atoms with Crippen molar-refractivity contribution in [1.29, 1.82) is 0 Å². The van der Waals surface area contributed by atoms with E-state index < -0.39 is 5.54 Å². The Hall–Kier alpha value is -3.36. The zero-order valence-corrected chi connectivity index (χ0v) is 23.2. The molecule has 2 aliphatic heterocycles. The molecule has 208 valence electrons. The van der Waals surface area contributed by atoms with E-state index in [1.807, 2.05) is 23.3 Å². The lowest BCUT2D eigenvalue weighted by Crippen LogP contribution is -2.52. The Bertz CT molecular complexity index is 1270. The summed E-state index contributed by atoms with van der Waals surface area (Å²) in [5, 5.41) is 16.3. The van der Waals surface area contributed by atoms with Crippen LogP contribution in [0.2, 0.25) is 0 Å². The number of carbonyl (C=O) groups is 1. The molecule has 39 heavy (non-hydrogen) atoms. The van der Waals surface area contributed by atoms with Crippen LogP contribution in [-0.2, 0) is 9.53 Å². The molecule has 0 aromatic carbocycles. The number of nitrogens with one attached hydrogen (secondary N) is 3. The molecule has 3 N–H and O–H groups in total. The van der Waals surface area contributed by atoms with Gasteiger partial charge >= 0.3 is 0 Å². The summed E-state index contributed by atoms with van der Waals surface area (Å²) in [6, 6.07) is 2.02. The Labute approximate surface area is 231 Å². The number of rotatable bonds is 10. The molecule has 0 radical (unpaired) electrons. The fourth-order valence-electron chi connectivity index (χ4n) is 5.22. The number of thiazole rings is 1. The smallest absolute Gasteiger partial charge is 0.251 e. The van der Waals surface area contributed by atoms with Gasteiger partial charge in [0, 0.05) is 75.6 Å². The van der Waals surface area contributed by atoms with Gasteiger partial charge in [-0.15, -0.1) is 11.3 Å². The van der Waals surface area contributed by atoms with E-state index >= 15 is 0 Å². The number of ether oxygens (including phenoxy) is 1. The van der Waals surface area contributed by atoms with E-state index in [-0.39, 0.29) is 5.91 Å². The van der Waals surface area contributed by atoms with Crippen LogP contribution in [0, 0.1) is 0 Å². The lowest BCUT2D eigenvalue weighted by atomic mass is 9.98. The van der Waals surface area contributed by atoms with E-state index in [0.29, 0.717) is 54.3 Å². The van der Waals surface area contributed by atoms with Gasteiger partial charge in [0.05, 0.1) is 6.61 Å². The lowest BCUT2D eigenvalue weighted by molar-refractivity contribution is -0.120. The Kier molecular flexibility index (Phi) is 7.32. The Morgan fingerprint density at radius 2 is 2.00 bits per heavy atom. The number of carbonyl (C=O) groups excluding carboxylic acids is 1. The monoisotopic (exact) mass is 553 g/mol. The molecule has 3 aromatic rings. The highest BCUT2D eigenvalue weighted by Gasteiger charge is 2.45. The normalized spacial score (nSPS) is 21.9. The number of nitrogens with zero attached hydrogens (tertiary/aromatic N) is 8. The Morgan fingerprint density at radius 3 is 2.74 bits per heavy atom. The van der Waals surface area contributed by atoms with Crippen LogP contribution in [0.5, 0.6) is 0 Å². The van der Waals surface area contributed by atoms with E-state index in [0.717, 1.165) is 44.8 Å². The number of hydrogen-bond acceptors (Lipinski definition) is 12. The molecule has 0 spiro atoms. The molecule has 3 fully saturated rings. The van der Waals surface area contributed by atoms with Gasteiger partial charge in [-0.05, 0) is 32.6 Å². The van der Waals surface area contributed by atoms with Gasteiger partial charge in [0.2, 0.25) is 17.8 Å². The highest BCUT2D eigenvalue weighted by atomic mass is 32.1. The molecule has 0 unspecified atom stereocenters.